The van der Waals surface area contributed by atoms with E-state index in [1.54, 1.807) is 5.06 Å². The quantitative estimate of drug-likeness (QED) is 0.752. The van der Waals surface area contributed by atoms with Crippen LogP contribution in [0.3, 0.4) is 0 Å². The minimum Gasteiger partial charge on any atom is -0.374 e. The van der Waals surface area contributed by atoms with Gasteiger partial charge in [-0.15, -0.1) is 5.06 Å². The molecular formula is C12H23N3OS. The van der Waals surface area contributed by atoms with Crippen molar-refractivity contribution in [2.75, 3.05) is 7.05 Å². The normalized spacial score (nSPS) is 36.4. The van der Waals surface area contributed by atoms with E-state index in [0.717, 1.165) is 5.92 Å². The van der Waals surface area contributed by atoms with Gasteiger partial charge in [0.1, 0.15) is 6.17 Å². The fourth-order valence-electron chi connectivity index (χ4n) is 2.86. The molecule has 4 nitrogen and oxygen atoms in total. The molecule has 1 aliphatic heterocycles. The number of likely N-dealkylation sites (N-methyl/N-ethyl adjacent to an activating group) is 1. The monoisotopic (exact) mass is 257 g/mol. The van der Waals surface area contributed by atoms with Gasteiger partial charge in [0.25, 0.3) is 5.17 Å². The lowest BCUT2D eigenvalue weighted by Gasteiger charge is -2.34. The van der Waals surface area contributed by atoms with Crippen molar-refractivity contribution < 1.29 is 4.84 Å². The van der Waals surface area contributed by atoms with Crippen molar-refractivity contribution in [1.29, 1.82) is 0 Å². The summed E-state index contributed by atoms with van der Waals surface area (Å²) in [6, 6.07) is 0.953. The maximum Gasteiger partial charge on any atom is 0.280 e. The van der Waals surface area contributed by atoms with Crippen molar-refractivity contribution in [3.63, 3.8) is 0 Å². The molecule has 2 N–H and O–H groups in total. The minimum atomic E-state index is 0.136. The number of hydrogen-bond donors (Lipinski definition) is 2. The summed E-state index contributed by atoms with van der Waals surface area (Å²) >= 11 is 5.02. The minimum absolute atomic E-state index is 0.136. The molecule has 0 bridgehead atoms. The lowest BCUT2D eigenvalue weighted by molar-refractivity contribution is -0.0588. The van der Waals surface area contributed by atoms with Crippen molar-refractivity contribution in [2.45, 2.75) is 57.8 Å². The average Bonchev–Trinajstić information content (AvgIpc) is 2.61. The standard InChI is InChI=1S/C12H23N3OS/c1-8-6-4-5-7-10(8)13-9(2)11-14-12(17)16-15(11)3/h8-11,13H,4-7H2,1-3H3,(H,14,17)/t8-,9+,10+,11?/m1/s1. The molecule has 0 radical (unpaired) electrons. The summed E-state index contributed by atoms with van der Waals surface area (Å²) in [5.74, 6) is 0.769. The van der Waals surface area contributed by atoms with E-state index in [4.69, 9.17) is 17.1 Å². The number of rotatable bonds is 3. The van der Waals surface area contributed by atoms with Crippen LogP contribution in [-0.2, 0) is 4.84 Å². The fraction of sp³-hybridized carbons (Fsp3) is 0.917. The third-order valence-electron chi connectivity index (χ3n) is 3.95. The van der Waals surface area contributed by atoms with E-state index in [1.807, 2.05) is 7.05 Å². The van der Waals surface area contributed by atoms with Crippen LogP contribution < -0.4 is 10.6 Å². The highest BCUT2D eigenvalue weighted by atomic mass is 32.1. The fourth-order valence-corrected chi connectivity index (χ4v) is 3.10. The van der Waals surface area contributed by atoms with Crippen molar-refractivity contribution in [2.24, 2.45) is 5.92 Å². The largest absolute Gasteiger partial charge is 0.374 e. The summed E-state index contributed by atoms with van der Waals surface area (Å²) in [4.78, 5) is 5.32. The highest BCUT2D eigenvalue weighted by Gasteiger charge is 2.33. The molecule has 1 saturated heterocycles. The summed E-state index contributed by atoms with van der Waals surface area (Å²) in [6.07, 6.45) is 5.48. The van der Waals surface area contributed by atoms with Gasteiger partial charge in [-0.25, -0.2) is 0 Å². The Hall–Kier alpha value is -0.390. The molecule has 4 atom stereocenters. The molecule has 0 amide bonds. The van der Waals surface area contributed by atoms with Crippen LogP contribution in [0.5, 0.6) is 0 Å². The van der Waals surface area contributed by atoms with Gasteiger partial charge >= 0.3 is 0 Å². The van der Waals surface area contributed by atoms with Crippen LogP contribution in [0.25, 0.3) is 0 Å². The predicted octanol–water partition coefficient (Wildman–Crippen LogP) is 1.62. The van der Waals surface area contributed by atoms with Gasteiger partial charge in [0.15, 0.2) is 0 Å². The highest BCUT2D eigenvalue weighted by molar-refractivity contribution is 7.80. The highest BCUT2D eigenvalue weighted by Crippen LogP contribution is 2.24. The first kappa shape index (κ1) is 13.1. The average molecular weight is 257 g/mol. The van der Waals surface area contributed by atoms with E-state index in [0.29, 0.717) is 17.3 Å². The SMILES string of the molecule is C[C@H](N[C@H]1CCCC[C@H]1C)C1NC(=S)ON1C. The van der Waals surface area contributed by atoms with E-state index < -0.39 is 0 Å². The molecule has 2 aliphatic rings. The molecule has 17 heavy (non-hydrogen) atoms. The molecule has 2 fully saturated rings. The third kappa shape index (κ3) is 3.09. The Morgan fingerprint density at radius 2 is 2.18 bits per heavy atom. The lowest BCUT2D eigenvalue weighted by Crippen LogP contribution is -2.54. The topological polar surface area (TPSA) is 36.5 Å². The van der Waals surface area contributed by atoms with Crippen LogP contribution in [0.2, 0.25) is 0 Å². The molecule has 0 aromatic heterocycles. The number of nitrogens with zero attached hydrogens (tertiary/aromatic N) is 1. The molecule has 1 aliphatic carbocycles. The molecule has 1 saturated carbocycles. The number of nitrogens with one attached hydrogen (secondary N) is 2. The molecule has 0 spiro atoms. The summed E-state index contributed by atoms with van der Waals surface area (Å²) in [7, 11) is 1.92. The third-order valence-corrected chi connectivity index (χ3v) is 4.14. The zero-order valence-electron chi connectivity index (χ0n) is 10.9. The Balaban J connectivity index is 1.87. The lowest BCUT2D eigenvalue weighted by atomic mass is 9.85. The second kappa shape index (κ2) is 5.50. The molecule has 5 heteroatoms. The maximum absolute atomic E-state index is 5.32. The summed E-state index contributed by atoms with van der Waals surface area (Å²) in [5.41, 5.74) is 0. The van der Waals surface area contributed by atoms with Gasteiger partial charge < -0.3 is 15.5 Å². The van der Waals surface area contributed by atoms with Crippen molar-refractivity contribution in [3.8, 4) is 0 Å². The molecule has 0 aromatic carbocycles. The molecule has 1 unspecified atom stereocenters. The maximum atomic E-state index is 5.32. The van der Waals surface area contributed by atoms with Crippen LogP contribution in [0.1, 0.15) is 39.5 Å². The van der Waals surface area contributed by atoms with Crippen molar-refractivity contribution >= 4 is 17.4 Å². The molecule has 0 aromatic rings. The van der Waals surface area contributed by atoms with E-state index in [1.165, 1.54) is 25.7 Å². The first-order valence-electron chi connectivity index (χ1n) is 6.55. The Morgan fingerprint density at radius 1 is 1.47 bits per heavy atom. The first-order chi connectivity index (χ1) is 8.08. The summed E-state index contributed by atoms with van der Waals surface area (Å²) < 4.78 is 0. The second-order valence-corrected chi connectivity index (χ2v) is 5.71. The number of hydrogen-bond acceptors (Lipinski definition) is 4. The smallest absolute Gasteiger partial charge is 0.280 e. The van der Waals surface area contributed by atoms with Gasteiger partial charge in [0.2, 0.25) is 0 Å². The molecule has 98 valence electrons. The van der Waals surface area contributed by atoms with Gasteiger partial charge in [-0.3, -0.25) is 0 Å². The number of hydroxylamine groups is 2. The Bertz CT molecular complexity index is 287. The first-order valence-corrected chi connectivity index (χ1v) is 6.96. The van der Waals surface area contributed by atoms with Gasteiger partial charge in [-0.1, -0.05) is 19.8 Å². The van der Waals surface area contributed by atoms with Crippen LogP contribution in [0, 0.1) is 5.92 Å². The van der Waals surface area contributed by atoms with E-state index in [9.17, 15) is 0 Å². The van der Waals surface area contributed by atoms with Crippen molar-refractivity contribution in [1.82, 2.24) is 15.7 Å². The molecular weight excluding hydrogens is 234 g/mol. The summed E-state index contributed by atoms with van der Waals surface area (Å²) in [6.45, 7) is 4.53. The Morgan fingerprint density at radius 3 is 2.76 bits per heavy atom. The van der Waals surface area contributed by atoms with Crippen LogP contribution in [-0.4, -0.2) is 35.5 Å². The summed E-state index contributed by atoms with van der Waals surface area (Å²) in [5, 5.41) is 9.17. The van der Waals surface area contributed by atoms with E-state index >= 15 is 0 Å². The predicted molar refractivity (Wildman–Crippen MR) is 72.4 cm³/mol. The molecule has 1 heterocycles. The number of thiocarbonyl (C=S) groups is 1. The van der Waals surface area contributed by atoms with E-state index in [2.05, 4.69) is 24.5 Å². The zero-order valence-corrected chi connectivity index (χ0v) is 11.7. The Kier molecular flexibility index (Phi) is 4.22. The Labute approximate surface area is 109 Å². The van der Waals surface area contributed by atoms with Gasteiger partial charge in [0.05, 0.1) is 0 Å². The second-order valence-electron chi connectivity index (χ2n) is 5.34. The van der Waals surface area contributed by atoms with Crippen molar-refractivity contribution in [3.05, 3.63) is 0 Å². The molecule has 2 rings (SSSR count). The van der Waals surface area contributed by atoms with E-state index in [-0.39, 0.29) is 6.17 Å². The van der Waals surface area contributed by atoms with Crippen LogP contribution >= 0.6 is 12.2 Å². The van der Waals surface area contributed by atoms with Gasteiger partial charge in [-0.2, -0.15) is 0 Å². The van der Waals surface area contributed by atoms with Crippen LogP contribution in [0.4, 0.5) is 0 Å². The van der Waals surface area contributed by atoms with Gasteiger partial charge in [0, 0.05) is 19.1 Å². The zero-order chi connectivity index (χ0) is 12.4. The van der Waals surface area contributed by atoms with Crippen LogP contribution in [0.15, 0.2) is 0 Å². The van der Waals surface area contributed by atoms with Gasteiger partial charge in [-0.05, 0) is 37.9 Å².